The maximum Gasteiger partial charge on any atom is 0.163 e. The van der Waals surface area contributed by atoms with Crippen molar-refractivity contribution in [2.45, 2.75) is 51.4 Å². The van der Waals surface area contributed by atoms with E-state index >= 15 is 0 Å². The maximum absolute atomic E-state index is 12.4. The first kappa shape index (κ1) is 23.1. The van der Waals surface area contributed by atoms with Crippen LogP contribution in [0.5, 0.6) is 5.75 Å². The van der Waals surface area contributed by atoms with Gasteiger partial charge in [-0.1, -0.05) is 48.4 Å². The number of rotatable bonds is 8. The van der Waals surface area contributed by atoms with Crippen molar-refractivity contribution in [2.75, 3.05) is 12.4 Å². The number of sulfone groups is 1. The van der Waals surface area contributed by atoms with E-state index in [0.717, 1.165) is 22.0 Å². The van der Waals surface area contributed by atoms with E-state index in [9.17, 15) is 23.7 Å². The molecule has 0 fully saturated rings. The number of allylic oxidation sites excluding steroid dienone is 1. The number of benzene rings is 1. The molecule has 5 nitrogen and oxygen atoms in total. The van der Waals surface area contributed by atoms with E-state index in [4.69, 9.17) is 0 Å². The summed E-state index contributed by atoms with van der Waals surface area (Å²) in [5.41, 5.74) is 2.93. The van der Waals surface area contributed by atoms with Gasteiger partial charge in [0.1, 0.15) is 11.0 Å². The summed E-state index contributed by atoms with van der Waals surface area (Å²) in [5.74, 6) is 0.0857. The molecule has 0 radical (unpaired) electrons. The van der Waals surface area contributed by atoms with Gasteiger partial charge in [-0.3, -0.25) is 0 Å². The van der Waals surface area contributed by atoms with E-state index in [1.54, 1.807) is 12.1 Å². The van der Waals surface area contributed by atoms with E-state index < -0.39 is 27.8 Å². The SMILES string of the molecule is CC/C(=C\c1cc(Br)ccc1O)CC[C@@H](O)C1=C(C(C)C)CS(=O)(=O)[C@H]1CO. The fraction of sp³-hybridized carbons (Fsp3) is 0.524. The summed E-state index contributed by atoms with van der Waals surface area (Å²) in [6.45, 7) is 5.31. The quantitative estimate of drug-likeness (QED) is 0.499. The third-order valence-electron chi connectivity index (χ3n) is 5.27. The number of aromatic hydroxyl groups is 1. The Morgan fingerprint density at radius 2 is 2.04 bits per heavy atom. The van der Waals surface area contributed by atoms with Crippen molar-refractivity contribution >= 4 is 31.8 Å². The molecule has 0 unspecified atom stereocenters. The van der Waals surface area contributed by atoms with Crippen LogP contribution in [0.15, 0.2) is 39.4 Å². The van der Waals surface area contributed by atoms with Gasteiger partial charge in [-0.15, -0.1) is 0 Å². The Hall–Kier alpha value is -1.15. The second-order valence-electron chi connectivity index (χ2n) is 7.53. The van der Waals surface area contributed by atoms with Gasteiger partial charge >= 0.3 is 0 Å². The molecular formula is C21H29BrO5S. The number of aliphatic hydroxyl groups excluding tert-OH is 2. The standard InChI is InChI=1S/C21H29BrO5S/c1-4-14(9-15-10-16(22)6-8-18(15)24)5-7-19(25)21-17(13(2)3)12-28(26,27)20(21)11-23/h6,8-10,13,19-20,23-25H,4-5,7,11-12H2,1-3H3/b14-9+/t19-,20+/m1/s1. The molecule has 0 saturated heterocycles. The van der Waals surface area contributed by atoms with Gasteiger partial charge in [0, 0.05) is 10.0 Å². The van der Waals surface area contributed by atoms with Crippen LogP contribution in [-0.2, 0) is 9.84 Å². The summed E-state index contributed by atoms with van der Waals surface area (Å²) >= 11 is 3.39. The number of phenols is 1. The number of aliphatic hydroxyl groups is 2. The molecule has 1 heterocycles. The first-order valence-electron chi connectivity index (χ1n) is 9.52. The molecule has 0 saturated carbocycles. The highest BCUT2D eigenvalue weighted by molar-refractivity contribution is 9.10. The van der Waals surface area contributed by atoms with E-state index in [0.29, 0.717) is 24.0 Å². The Morgan fingerprint density at radius 3 is 2.61 bits per heavy atom. The fourth-order valence-corrected chi connectivity index (χ4v) is 6.07. The molecule has 3 N–H and O–H groups in total. The largest absolute Gasteiger partial charge is 0.507 e. The summed E-state index contributed by atoms with van der Waals surface area (Å²) in [7, 11) is -3.47. The fourth-order valence-electron chi connectivity index (χ4n) is 3.63. The summed E-state index contributed by atoms with van der Waals surface area (Å²) < 4.78 is 25.6. The normalized spacial score (nSPS) is 20.8. The van der Waals surface area contributed by atoms with Gasteiger partial charge in [-0.2, -0.15) is 0 Å². The molecule has 2 rings (SSSR count). The van der Waals surface area contributed by atoms with Crippen molar-refractivity contribution in [2.24, 2.45) is 5.92 Å². The molecule has 28 heavy (non-hydrogen) atoms. The van der Waals surface area contributed by atoms with Gasteiger partial charge in [0.15, 0.2) is 9.84 Å². The first-order chi connectivity index (χ1) is 13.1. The van der Waals surface area contributed by atoms with Crippen LogP contribution >= 0.6 is 15.9 Å². The molecule has 0 aliphatic carbocycles. The van der Waals surface area contributed by atoms with E-state index in [2.05, 4.69) is 15.9 Å². The Morgan fingerprint density at radius 1 is 1.36 bits per heavy atom. The highest BCUT2D eigenvalue weighted by atomic mass is 79.9. The van der Waals surface area contributed by atoms with Crippen LogP contribution in [0.4, 0.5) is 0 Å². The maximum atomic E-state index is 12.4. The molecule has 1 aromatic carbocycles. The van der Waals surface area contributed by atoms with Gasteiger partial charge in [0.25, 0.3) is 0 Å². The lowest BCUT2D eigenvalue weighted by Crippen LogP contribution is -2.29. The molecule has 1 aliphatic rings. The van der Waals surface area contributed by atoms with Crippen molar-refractivity contribution in [3.8, 4) is 5.75 Å². The van der Waals surface area contributed by atoms with Crippen LogP contribution in [0.25, 0.3) is 6.08 Å². The van der Waals surface area contributed by atoms with Crippen LogP contribution in [0.1, 0.15) is 45.6 Å². The minimum Gasteiger partial charge on any atom is -0.507 e. The molecule has 0 amide bonds. The molecule has 0 spiro atoms. The Labute approximate surface area is 175 Å². The molecule has 156 valence electrons. The lowest BCUT2D eigenvalue weighted by molar-refractivity contribution is 0.187. The van der Waals surface area contributed by atoms with Crippen LogP contribution in [0, 0.1) is 5.92 Å². The average molecular weight is 473 g/mol. The molecule has 0 aromatic heterocycles. The van der Waals surface area contributed by atoms with Gasteiger partial charge in [0.2, 0.25) is 0 Å². The van der Waals surface area contributed by atoms with Crippen molar-refractivity contribution < 1.29 is 23.7 Å². The average Bonchev–Trinajstić information content (AvgIpc) is 2.91. The Balaban J connectivity index is 2.23. The second-order valence-corrected chi connectivity index (χ2v) is 10.6. The van der Waals surface area contributed by atoms with Crippen LogP contribution in [0.2, 0.25) is 0 Å². The van der Waals surface area contributed by atoms with Crippen LogP contribution in [0.3, 0.4) is 0 Å². The first-order valence-corrected chi connectivity index (χ1v) is 12.0. The number of halogens is 1. The highest BCUT2D eigenvalue weighted by Gasteiger charge is 2.41. The Kier molecular flexibility index (Phi) is 7.90. The zero-order valence-electron chi connectivity index (χ0n) is 16.5. The van der Waals surface area contributed by atoms with E-state index in [1.165, 1.54) is 0 Å². The zero-order valence-corrected chi connectivity index (χ0v) is 18.9. The van der Waals surface area contributed by atoms with Crippen LogP contribution < -0.4 is 0 Å². The van der Waals surface area contributed by atoms with Crippen molar-refractivity contribution in [3.05, 3.63) is 45.0 Å². The van der Waals surface area contributed by atoms with E-state index in [1.807, 2.05) is 32.9 Å². The van der Waals surface area contributed by atoms with Gasteiger partial charge in [-0.25, -0.2) is 8.42 Å². The van der Waals surface area contributed by atoms with E-state index in [-0.39, 0.29) is 17.4 Å². The second kappa shape index (κ2) is 9.57. The molecule has 7 heteroatoms. The summed E-state index contributed by atoms with van der Waals surface area (Å²) in [6.07, 6.45) is 2.66. The van der Waals surface area contributed by atoms with Crippen molar-refractivity contribution in [1.29, 1.82) is 0 Å². The predicted octanol–water partition coefficient (Wildman–Crippen LogP) is 3.83. The molecule has 1 aromatic rings. The number of hydrogen-bond acceptors (Lipinski definition) is 5. The third-order valence-corrected chi connectivity index (χ3v) is 7.75. The number of hydrogen-bond donors (Lipinski definition) is 3. The third kappa shape index (κ3) is 5.26. The summed E-state index contributed by atoms with van der Waals surface area (Å²) in [4.78, 5) is 0. The summed E-state index contributed by atoms with van der Waals surface area (Å²) in [6, 6.07) is 5.21. The molecule has 1 aliphatic heterocycles. The lowest BCUT2D eigenvalue weighted by Gasteiger charge is -2.20. The zero-order chi connectivity index (χ0) is 21.1. The minimum absolute atomic E-state index is 0.00391. The topological polar surface area (TPSA) is 94.8 Å². The van der Waals surface area contributed by atoms with Gasteiger partial charge < -0.3 is 15.3 Å². The van der Waals surface area contributed by atoms with Gasteiger partial charge in [0.05, 0.1) is 18.5 Å². The van der Waals surface area contributed by atoms with Crippen molar-refractivity contribution in [3.63, 3.8) is 0 Å². The van der Waals surface area contributed by atoms with Crippen molar-refractivity contribution in [1.82, 2.24) is 0 Å². The lowest BCUT2D eigenvalue weighted by atomic mass is 9.90. The highest BCUT2D eigenvalue weighted by Crippen LogP contribution is 2.35. The van der Waals surface area contributed by atoms with Gasteiger partial charge in [-0.05, 0) is 54.5 Å². The predicted molar refractivity (Wildman–Crippen MR) is 116 cm³/mol. The molecular weight excluding hydrogens is 444 g/mol. The minimum atomic E-state index is -3.47. The molecule has 2 atom stereocenters. The summed E-state index contributed by atoms with van der Waals surface area (Å²) in [5, 5.41) is 29.4. The van der Waals surface area contributed by atoms with Crippen LogP contribution in [-0.4, -0.2) is 47.5 Å². The number of phenolic OH excluding ortho intramolecular Hbond substituents is 1. The Bertz CT molecular complexity index is 871. The molecule has 0 bridgehead atoms. The smallest absolute Gasteiger partial charge is 0.163 e. The monoisotopic (exact) mass is 472 g/mol.